The molecule has 0 spiro atoms. The van der Waals surface area contributed by atoms with Gasteiger partial charge in [-0.25, -0.2) is 4.39 Å². The van der Waals surface area contributed by atoms with E-state index in [0.29, 0.717) is 30.2 Å². The molecule has 35 heavy (non-hydrogen) atoms. The molecule has 0 saturated carbocycles. The number of carbonyl (C=O) groups is 1. The quantitative estimate of drug-likeness (QED) is 0.367. The van der Waals surface area contributed by atoms with Gasteiger partial charge in [-0.3, -0.25) is 4.79 Å². The van der Waals surface area contributed by atoms with Crippen molar-refractivity contribution in [1.29, 1.82) is 0 Å². The molecule has 0 saturated heterocycles. The molecule has 1 amide bonds. The van der Waals surface area contributed by atoms with Crippen molar-refractivity contribution in [2.24, 2.45) is 5.92 Å². The molecule has 0 fully saturated rings. The molecule has 3 rings (SSSR count). The van der Waals surface area contributed by atoms with Crippen LogP contribution < -0.4 is 13.7 Å². The first-order valence-corrected chi connectivity index (χ1v) is 12.3. The fourth-order valence-electron chi connectivity index (χ4n) is 3.45. The maximum atomic E-state index is 13.4. The summed E-state index contributed by atoms with van der Waals surface area (Å²) in [5.74, 6) is 0.583. The number of rotatable bonds is 10. The summed E-state index contributed by atoms with van der Waals surface area (Å²) in [6.45, 7) is 4.84. The van der Waals surface area contributed by atoms with Gasteiger partial charge in [0.05, 0.1) is 19.8 Å². The zero-order valence-electron chi connectivity index (χ0n) is 20.0. The Morgan fingerprint density at radius 3 is 2.11 bits per heavy atom. The topological polar surface area (TPSA) is 82.1 Å². The molecule has 3 aromatic carbocycles. The summed E-state index contributed by atoms with van der Waals surface area (Å²) in [6.07, 6.45) is 0. The summed E-state index contributed by atoms with van der Waals surface area (Å²) in [7, 11) is -1.06. The summed E-state index contributed by atoms with van der Waals surface area (Å²) in [5.41, 5.74) is 1.21. The van der Waals surface area contributed by atoms with Gasteiger partial charge in [-0.05, 0) is 60.0 Å². The fourth-order valence-corrected chi connectivity index (χ4v) is 4.38. The van der Waals surface area contributed by atoms with Crippen LogP contribution in [-0.4, -0.2) is 40.0 Å². The van der Waals surface area contributed by atoms with Crippen LogP contribution in [0.25, 0.3) is 0 Å². The minimum Gasteiger partial charge on any atom is -0.497 e. The van der Waals surface area contributed by atoms with Crippen molar-refractivity contribution >= 4 is 16.0 Å². The van der Waals surface area contributed by atoms with Gasteiger partial charge in [0.25, 0.3) is 5.91 Å². The van der Waals surface area contributed by atoms with Gasteiger partial charge in [0.1, 0.15) is 28.0 Å². The second-order valence-electron chi connectivity index (χ2n) is 8.28. The Bertz CT molecular complexity index is 1260. The van der Waals surface area contributed by atoms with Gasteiger partial charge in [0, 0.05) is 19.2 Å². The monoisotopic (exact) mass is 501 g/mol. The number of benzene rings is 3. The molecule has 0 aliphatic rings. The third-order valence-corrected chi connectivity index (χ3v) is 6.38. The summed E-state index contributed by atoms with van der Waals surface area (Å²) in [6, 6.07) is 15.8. The van der Waals surface area contributed by atoms with Crippen molar-refractivity contribution in [3.63, 3.8) is 0 Å². The molecule has 0 aromatic heterocycles. The molecule has 0 radical (unpaired) electrons. The summed E-state index contributed by atoms with van der Waals surface area (Å²) < 4.78 is 53.7. The van der Waals surface area contributed by atoms with Gasteiger partial charge >= 0.3 is 10.1 Å². The normalized spacial score (nSPS) is 11.3. The lowest BCUT2D eigenvalue weighted by molar-refractivity contribution is 0.0719. The second-order valence-corrected chi connectivity index (χ2v) is 9.83. The van der Waals surface area contributed by atoms with Gasteiger partial charge in [0.2, 0.25) is 0 Å². The highest BCUT2D eigenvalue weighted by Crippen LogP contribution is 2.27. The van der Waals surface area contributed by atoms with Gasteiger partial charge in [-0.1, -0.05) is 26.0 Å². The molecule has 9 heteroatoms. The number of halogens is 1. The number of nitrogens with zero attached hydrogens (tertiary/aromatic N) is 1. The number of methoxy groups -OCH3 is 2. The van der Waals surface area contributed by atoms with E-state index in [9.17, 15) is 17.6 Å². The van der Waals surface area contributed by atoms with Crippen LogP contribution in [0.4, 0.5) is 4.39 Å². The van der Waals surface area contributed by atoms with Crippen molar-refractivity contribution in [2.45, 2.75) is 25.3 Å². The van der Waals surface area contributed by atoms with E-state index in [4.69, 9.17) is 13.7 Å². The van der Waals surface area contributed by atoms with E-state index in [-0.39, 0.29) is 22.5 Å². The molecular formula is C26H28FNO6S. The maximum Gasteiger partial charge on any atom is 0.339 e. The Morgan fingerprint density at radius 2 is 1.54 bits per heavy atom. The lowest BCUT2D eigenvalue weighted by atomic mass is 10.1. The Balaban J connectivity index is 1.78. The van der Waals surface area contributed by atoms with Crippen LogP contribution in [0.3, 0.4) is 0 Å². The standard InChI is InChI=1S/C26H28FNO6S/c1-18(2)16-28(26(29)24-14-11-22(32-3)15-25(24)33-4)17-19-5-9-21(10-6-19)34-35(30,31)23-12-7-20(27)8-13-23/h5-15,18H,16-17H2,1-4H3. The molecule has 3 aromatic rings. The summed E-state index contributed by atoms with van der Waals surface area (Å²) >= 11 is 0. The van der Waals surface area contributed by atoms with Gasteiger partial charge in [-0.15, -0.1) is 0 Å². The SMILES string of the molecule is COc1ccc(C(=O)N(Cc2ccc(OS(=O)(=O)c3ccc(F)cc3)cc2)CC(C)C)c(OC)c1. The molecule has 0 atom stereocenters. The van der Waals surface area contributed by atoms with E-state index < -0.39 is 15.9 Å². The van der Waals surface area contributed by atoms with Crippen LogP contribution in [0, 0.1) is 11.7 Å². The van der Waals surface area contributed by atoms with Crippen molar-refractivity contribution in [2.75, 3.05) is 20.8 Å². The first kappa shape index (κ1) is 26.0. The smallest absolute Gasteiger partial charge is 0.339 e. The largest absolute Gasteiger partial charge is 0.497 e. The molecule has 0 unspecified atom stereocenters. The van der Waals surface area contributed by atoms with Crippen molar-refractivity contribution in [3.05, 3.63) is 83.7 Å². The summed E-state index contributed by atoms with van der Waals surface area (Å²) in [4.78, 5) is 14.9. The van der Waals surface area contributed by atoms with Crippen molar-refractivity contribution < 1.29 is 31.3 Å². The highest BCUT2D eigenvalue weighted by atomic mass is 32.2. The lowest BCUT2D eigenvalue weighted by Crippen LogP contribution is -2.34. The lowest BCUT2D eigenvalue weighted by Gasteiger charge is -2.26. The van der Waals surface area contributed by atoms with Crippen LogP contribution in [0.5, 0.6) is 17.2 Å². The number of carbonyl (C=O) groups excluding carboxylic acids is 1. The van der Waals surface area contributed by atoms with Crippen LogP contribution in [0.1, 0.15) is 29.8 Å². The van der Waals surface area contributed by atoms with Gasteiger partial charge < -0.3 is 18.6 Å². The third-order valence-electron chi connectivity index (χ3n) is 5.12. The molecule has 0 bridgehead atoms. The zero-order valence-corrected chi connectivity index (χ0v) is 20.8. The van der Waals surface area contributed by atoms with Gasteiger partial charge in [0.15, 0.2) is 0 Å². The van der Waals surface area contributed by atoms with Crippen LogP contribution in [0.15, 0.2) is 71.6 Å². The number of ether oxygens (including phenoxy) is 2. The molecule has 0 N–H and O–H groups in total. The highest BCUT2D eigenvalue weighted by Gasteiger charge is 2.22. The minimum absolute atomic E-state index is 0.108. The molecule has 186 valence electrons. The van der Waals surface area contributed by atoms with E-state index >= 15 is 0 Å². The minimum atomic E-state index is -4.10. The second kappa shape index (κ2) is 11.2. The number of hydrogen-bond donors (Lipinski definition) is 0. The first-order valence-electron chi connectivity index (χ1n) is 10.9. The Kier molecular flexibility index (Phi) is 8.34. The van der Waals surface area contributed by atoms with E-state index in [2.05, 4.69) is 0 Å². The average molecular weight is 502 g/mol. The zero-order chi connectivity index (χ0) is 25.6. The van der Waals surface area contributed by atoms with E-state index in [1.165, 1.54) is 19.2 Å². The fraction of sp³-hybridized carbons (Fsp3) is 0.269. The molecule has 0 aliphatic heterocycles. The number of amides is 1. The average Bonchev–Trinajstić information content (AvgIpc) is 2.83. The molecule has 0 heterocycles. The van der Waals surface area contributed by atoms with E-state index in [0.717, 1.165) is 29.8 Å². The molecule has 0 aliphatic carbocycles. The molecular weight excluding hydrogens is 473 g/mol. The Morgan fingerprint density at radius 1 is 0.914 bits per heavy atom. The first-order chi connectivity index (χ1) is 16.6. The van der Waals surface area contributed by atoms with Crippen molar-refractivity contribution in [3.8, 4) is 17.2 Å². The van der Waals surface area contributed by atoms with Crippen LogP contribution in [0.2, 0.25) is 0 Å². The van der Waals surface area contributed by atoms with Gasteiger partial charge in [-0.2, -0.15) is 8.42 Å². The predicted octanol–water partition coefficient (Wildman–Crippen LogP) is 4.91. The number of hydrogen-bond acceptors (Lipinski definition) is 6. The van der Waals surface area contributed by atoms with Crippen LogP contribution in [-0.2, 0) is 16.7 Å². The molecule has 7 nitrogen and oxygen atoms in total. The van der Waals surface area contributed by atoms with E-state index in [1.807, 2.05) is 13.8 Å². The van der Waals surface area contributed by atoms with Crippen LogP contribution >= 0.6 is 0 Å². The summed E-state index contributed by atoms with van der Waals surface area (Å²) in [5, 5.41) is 0. The highest BCUT2D eigenvalue weighted by molar-refractivity contribution is 7.87. The Hall–Kier alpha value is -3.59. The van der Waals surface area contributed by atoms with Crippen molar-refractivity contribution in [1.82, 2.24) is 4.90 Å². The predicted molar refractivity (Wildman–Crippen MR) is 130 cm³/mol. The Labute approximate surface area is 205 Å². The van der Waals surface area contributed by atoms with E-state index in [1.54, 1.807) is 42.3 Å². The maximum absolute atomic E-state index is 13.4. The third kappa shape index (κ3) is 6.73.